The quantitative estimate of drug-likeness (QED) is 0.625. The molecule has 1 unspecified atom stereocenters. The van der Waals surface area contributed by atoms with Crippen LogP contribution in [0.2, 0.25) is 0 Å². The molecule has 1 aliphatic rings. The highest BCUT2D eigenvalue weighted by molar-refractivity contribution is 7.91. The molecule has 0 saturated heterocycles. The Hall–Kier alpha value is -1.33. The lowest BCUT2D eigenvalue weighted by Gasteiger charge is -2.21. The van der Waals surface area contributed by atoms with Crippen molar-refractivity contribution in [1.82, 2.24) is 10.2 Å². The first-order valence-corrected chi connectivity index (χ1v) is 7.44. The molecule has 0 fully saturated rings. The van der Waals surface area contributed by atoms with Crippen molar-refractivity contribution in [3.05, 3.63) is 36.2 Å². The summed E-state index contributed by atoms with van der Waals surface area (Å²) in [6.07, 6.45) is 3.05. The van der Waals surface area contributed by atoms with E-state index in [4.69, 9.17) is 5.73 Å². The normalized spacial score (nSPS) is 16.3. The molecule has 1 heterocycles. The molecule has 4 nitrogen and oxygen atoms in total. The highest BCUT2D eigenvalue weighted by Gasteiger charge is 2.20. The first-order valence-electron chi connectivity index (χ1n) is 6.12. The fourth-order valence-electron chi connectivity index (χ4n) is 1.93. The van der Waals surface area contributed by atoms with Gasteiger partial charge in [0.1, 0.15) is 0 Å². The second kappa shape index (κ2) is 6.02. The largest absolute Gasteiger partial charge is 0.611 e. The Morgan fingerprint density at radius 1 is 1.39 bits per heavy atom. The van der Waals surface area contributed by atoms with Gasteiger partial charge in [-0.25, -0.2) is 0 Å². The van der Waals surface area contributed by atoms with Crippen LogP contribution in [0.5, 0.6) is 0 Å². The molecule has 1 atom stereocenters. The lowest BCUT2D eigenvalue weighted by atomic mass is 10.3. The number of anilines is 1. The number of hydrogen-bond donors (Lipinski definition) is 2. The molecule has 2 rings (SSSR count). The minimum Gasteiger partial charge on any atom is -0.611 e. The molecule has 1 aliphatic heterocycles. The van der Waals surface area contributed by atoms with E-state index >= 15 is 0 Å². The summed E-state index contributed by atoms with van der Waals surface area (Å²) in [7, 11) is 0. The van der Waals surface area contributed by atoms with E-state index in [0.717, 1.165) is 30.2 Å². The highest BCUT2D eigenvalue weighted by Crippen LogP contribution is 2.19. The summed E-state index contributed by atoms with van der Waals surface area (Å²) in [4.78, 5) is 3.06. The van der Waals surface area contributed by atoms with Gasteiger partial charge < -0.3 is 20.5 Å². The fourth-order valence-corrected chi connectivity index (χ4v) is 3.07. The lowest BCUT2D eigenvalue weighted by Crippen LogP contribution is -2.27. The topological polar surface area (TPSA) is 64.3 Å². The van der Waals surface area contributed by atoms with Crippen molar-refractivity contribution in [2.24, 2.45) is 0 Å². The van der Waals surface area contributed by atoms with Crippen LogP contribution in [0.1, 0.15) is 13.3 Å². The second-order valence-electron chi connectivity index (χ2n) is 4.32. The minimum absolute atomic E-state index is 0.552. The van der Waals surface area contributed by atoms with Gasteiger partial charge in [-0.3, -0.25) is 0 Å². The Labute approximate surface area is 111 Å². The molecule has 1 aromatic rings. The first kappa shape index (κ1) is 13.1. The van der Waals surface area contributed by atoms with E-state index in [9.17, 15) is 4.55 Å². The first-order chi connectivity index (χ1) is 8.70. The number of rotatable bonds is 5. The zero-order valence-electron chi connectivity index (χ0n) is 10.6. The van der Waals surface area contributed by atoms with Gasteiger partial charge in [-0.15, -0.1) is 0 Å². The molecular formula is C13H19N3OS. The fraction of sp³-hybridized carbons (Fsp3) is 0.385. The van der Waals surface area contributed by atoms with E-state index in [-0.39, 0.29) is 0 Å². The van der Waals surface area contributed by atoms with Crippen LogP contribution in [0.4, 0.5) is 5.69 Å². The van der Waals surface area contributed by atoms with Gasteiger partial charge in [0.05, 0.1) is 12.4 Å². The summed E-state index contributed by atoms with van der Waals surface area (Å²) in [6.45, 7) is 3.97. The third-order valence-corrected chi connectivity index (χ3v) is 4.23. The van der Waals surface area contributed by atoms with Gasteiger partial charge in [-0.05, 0) is 41.9 Å². The predicted molar refractivity (Wildman–Crippen MR) is 75.2 cm³/mol. The number of benzene rings is 1. The van der Waals surface area contributed by atoms with E-state index in [0.29, 0.717) is 11.4 Å². The molecule has 0 aromatic heterocycles. The van der Waals surface area contributed by atoms with Gasteiger partial charge in [-0.2, -0.15) is 0 Å². The predicted octanol–water partition coefficient (Wildman–Crippen LogP) is 1.49. The summed E-state index contributed by atoms with van der Waals surface area (Å²) in [6, 6.07) is 7.24. The maximum atomic E-state index is 12.2. The van der Waals surface area contributed by atoms with Crippen LogP contribution in [-0.4, -0.2) is 28.4 Å². The summed E-state index contributed by atoms with van der Waals surface area (Å²) in [5.41, 5.74) is 7.44. The summed E-state index contributed by atoms with van der Waals surface area (Å²) in [5, 5.41) is 3.18. The SMILES string of the molecule is CCCN1CNC=C1C[S+]([O-])c1ccc(N)cc1. The molecule has 1 aromatic carbocycles. The van der Waals surface area contributed by atoms with Crippen molar-refractivity contribution in [1.29, 1.82) is 0 Å². The number of nitrogens with one attached hydrogen (secondary N) is 1. The van der Waals surface area contributed by atoms with Crippen LogP contribution in [0.25, 0.3) is 0 Å². The molecule has 3 N–H and O–H groups in total. The van der Waals surface area contributed by atoms with Crippen molar-refractivity contribution in [2.75, 3.05) is 24.7 Å². The van der Waals surface area contributed by atoms with Crippen molar-refractivity contribution < 1.29 is 4.55 Å². The molecular weight excluding hydrogens is 246 g/mol. The molecule has 98 valence electrons. The van der Waals surface area contributed by atoms with Gasteiger partial charge in [-0.1, -0.05) is 6.92 Å². The monoisotopic (exact) mass is 265 g/mol. The van der Waals surface area contributed by atoms with Crippen molar-refractivity contribution in [3.8, 4) is 0 Å². The Balaban J connectivity index is 1.98. The van der Waals surface area contributed by atoms with E-state index in [1.165, 1.54) is 0 Å². The Bertz CT molecular complexity index is 419. The van der Waals surface area contributed by atoms with Crippen LogP contribution >= 0.6 is 0 Å². The molecule has 0 radical (unpaired) electrons. The van der Waals surface area contributed by atoms with Gasteiger partial charge in [0.2, 0.25) is 0 Å². The van der Waals surface area contributed by atoms with Crippen LogP contribution in [-0.2, 0) is 11.2 Å². The third-order valence-electron chi connectivity index (χ3n) is 2.87. The molecule has 18 heavy (non-hydrogen) atoms. The summed E-state index contributed by atoms with van der Waals surface area (Å²) in [5.74, 6) is 0.552. The molecule has 0 bridgehead atoms. The zero-order chi connectivity index (χ0) is 13.0. The lowest BCUT2D eigenvalue weighted by molar-refractivity contribution is 0.364. The molecule has 0 spiro atoms. The standard InChI is InChI=1S/C13H19N3OS/c1-2-7-16-10-15-8-12(16)9-18(17)13-5-3-11(14)4-6-13/h3-6,8,15H,2,7,9-10,14H2,1H3. The van der Waals surface area contributed by atoms with Gasteiger partial charge in [0.15, 0.2) is 10.6 Å². The number of nitrogens with two attached hydrogens (primary N) is 1. The van der Waals surface area contributed by atoms with Crippen LogP contribution in [0.15, 0.2) is 41.1 Å². The smallest absolute Gasteiger partial charge is 0.153 e. The number of hydrogen-bond acceptors (Lipinski definition) is 4. The molecule has 0 aliphatic carbocycles. The Kier molecular flexibility index (Phi) is 4.38. The Morgan fingerprint density at radius 2 is 2.11 bits per heavy atom. The maximum absolute atomic E-state index is 12.2. The second-order valence-corrected chi connectivity index (χ2v) is 5.77. The third kappa shape index (κ3) is 3.11. The summed E-state index contributed by atoms with van der Waals surface area (Å²) < 4.78 is 12.2. The molecule has 0 amide bonds. The molecule has 0 saturated carbocycles. The average molecular weight is 265 g/mol. The Morgan fingerprint density at radius 3 is 2.78 bits per heavy atom. The minimum atomic E-state index is -1.01. The number of nitrogens with zero attached hydrogens (tertiary/aromatic N) is 1. The van der Waals surface area contributed by atoms with Crippen molar-refractivity contribution in [2.45, 2.75) is 18.2 Å². The zero-order valence-corrected chi connectivity index (χ0v) is 11.4. The van der Waals surface area contributed by atoms with Gasteiger partial charge >= 0.3 is 0 Å². The number of nitrogen functional groups attached to an aromatic ring is 1. The highest BCUT2D eigenvalue weighted by atomic mass is 32.2. The van der Waals surface area contributed by atoms with Crippen LogP contribution in [0, 0.1) is 0 Å². The van der Waals surface area contributed by atoms with E-state index in [2.05, 4.69) is 17.1 Å². The van der Waals surface area contributed by atoms with Crippen LogP contribution in [0.3, 0.4) is 0 Å². The average Bonchev–Trinajstić information content (AvgIpc) is 2.78. The maximum Gasteiger partial charge on any atom is 0.153 e. The summed E-state index contributed by atoms with van der Waals surface area (Å²) >= 11 is -1.01. The van der Waals surface area contributed by atoms with E-state index < -0.39 is 11.2 Å². The van der Waals surface area contributed by atoms with Crippen molar-refractivity contribution in [3.63, 3.8) is 0 Å². The van der Waals surface area contributed by atoms with Crippen LogP contribution < -0.4 is 11.1 Å². The van der Waals surface area contributed by atoms with Gasteiger partial charge in [0, 0.05) is 18.4 Å². The van der Waals surface area contributed by atoms with E-state index in [1.807, 2.05) is 18.3 Å². The van der Waals surface area contributed by atoms with Crippen molar-refractivity contribution >= 4 is 16.9 Å². The van der Waals surface area contributed by atoms with E-state index in [1.54, 1.807) is 12.1 Å². The molecule has 5 heteroatoms. The van der Waals surface area contributed by atoms with Gasteiger partial charge in [0.25, 0.3) is 0 Å².